The highest BCUT2D eigenvalue weighted by atomic mass is 16.5. The van der Waals surface area contributed by atoms with Crippen molar-refractivity contribution < 1.29 is 19.1 Å². The lowest BCUT2D eigenvalue weighted by atomic mass is 10.2. The molecule has 0 aliphatic heterocycles. The maximum atomic E-state index is 12.0. The summed E-state index contributed by atoms with van der Waals surface area (Å²) in [7, 11) is 3.15. The third-order valence-electron chi connectivity index (χ3n) is 2.39. The number of carbonyl (C=O) groups excluding carboxylic acids is 2. The van der Waals surface area contributed by atoms with Crippen LogP contribution in [0.15, 0.2) is 0 Å². The second kappa shape index (κ2) is 9.81. The lowest BCUT2D eigenvalue weighted by Crippen LogP contribution is -2.47. The molecular formula is C11H23N3O4. The fraction of sp³-hybridized carbons (Fsp3) is 0.818. The second-order valence-electron chi connectivity index (χ2n) is 3.94. The van der Waals surface area contributed by atoms with E-state index in [2.05, 4.69) is 0 Å². The van der Waals surface area contributed by atoms with Crippen LogP contribution in [-0.4, -0.2) is 63.3 Å². The predicted molar refractivity (Wildman–Crippen MR) is 66.7 cm³/mol. The van der Waals surface area contributed by atoms with Gasteiger partial charge in [0.2, 0.25) is 11.8 Å². The molecule has 18 heavy (non-hydrogen) atoms. The summed E-state index contributed by atoms with van der Waals surface area (Å²) in [6, 6.07) is -0.887. The van der Waals surface area contributed by atoms with Crippen molar-refractivity contribution in [1.29, 1.82) is 0 Å². The Bertz CT molecular complexity index is 261. The highest BCUT2D eigenvalue weighted by Crippen LogP contribution is 2.00. The standard InChI is InChI=1S/C11H23N3O4/c1-17-6-3-4-14(5-7-18-2)11(16)9(12)8-10(13)15/h9H,3-8,12H2,1-2H3,(H2,13,15). The van der Waals surface area contributed by atoms with E-state index in [9.17, 15) is 9.59 Å². The molecule has 2 amide bonds. The molecule has 0 saturated carbocycles. The van der Waals surface area contributed by atoms with Gasteiger partial charge in [-0.15, -0.1) is 0 Å². The van der Waals surface area contributed by atoms with Crippen molar-refractivity contribution in [1.82, 2.24) is 4.90 Å². The number of hydrogen-bond donors (Lipinski definition) is 2. The van der Waals surface area contributed by atoms with E-state index in [0.717, 1.165) is 0 Å². The van der Waals surface area contributed by atoms with E-state index in [-0.39, 0.29) is 12.3 Å². The number of methoxy groups -OCH3 is 2. The summed E-state index contributed by atoms with van der Waals surface area (Å²) in [6.07, 6.45) is 0.557. The monoisotopic (exact) mass is 261 g/mol. The minimum atomic E-state index is -0.887. The third-order valence-corrected chi connectivity index (χ3v) is 2.39. The predicted octanol–water partition coefficient (Wildman–Crippen LogP) is -1.30. The highest BCUT2D eigenvalue weighted by molar-refractivity contribution is 5.87. The first-order valence-electron chi connectivity index (χ1n) is 5.83. The Morgan fingerprint density at radius 3 is 2.28 bits per heavy atom. The molecular weight excluding hydrogens is 238 g/mol. The minimum Gasteiger partial charge on any atom is -0.385 e. The van der Waals surface area contributed by atoms with Gasteiger partial charge in [-0.1, -0.05) is 0 Å². The van der Waals surface area contributed by atoms with Crippen LogP contribution in [0.1, 0.15) is 12.8 Å². The molecule has 0 bridgehead atoms. The first-order valence-corrected chi connectivity index (χ1v) is 5.83. The molecule has 0 heterocycles. The molecule has 7 nitrogen and oxygen atoms in total. The van der Waals surface area contributed by atoms with Crippen molar-refractivity contribution >= 4 is 11.8 Å². The number of hydrogen-bond acceptors (Lipinski definition) is 5. The summed E-state index contributed by atoms with van der Waals surface area (Å²) in [4.78, 5) is 24.3. The maximum Gasteiger partial charge on any atom is 0.240 e. The van der Waals surface area contributed by atoms with Crippen LogP contribution >= 0.6 is 0 Å². The lowest BCUT2D eigenvalue weighted by Gasteiger charge is -2.25. The van der Waals surface area contributed by atoms with Crippen LogP contribution in [0.2, 0.25) is 0 Å². The summed E-state index contributed by atoms with van der Waals surface area (Å²) >= 11 is 0. The van der Waals surface area contributed by atoms with Crippen LogP contribution in [0.5, 0.6) is 0 Å². The van der Waals surface area contributed by atoms with Crippen molar-refractivity contribution in [2.75, 3.05) is 40.5 Å². The van der Waals surface area contributed by atoms with E-state index in [0.29, 0.717) is 32.7 Å². The molecule has 0 radical (unpaired) electrons. The quantitative estimate of drug-likeness (QED) is 0.475. The van der Waals surface area contributed by atoms with Gasteiger partial charge in [-0.25, -0.2) is 0 Å². The topological polar surface area (TPSA) is 108 Å². The van der Waals surface area contributed by atoms with Gasteiger partial charge in [-0.3, -0.25) is 9.59 Å². The Morgan fingerprint density at radius 1 is 1.17 bits per heavy atom. The molecule has 0 saturated heterocycles. The molecule has 0 fully saturated rings. The SMILES string of the molecule is COCCCN(CCOC)C(=O)C(N)CC(N)=O. The average molecular weight is 261 g/mol. The lowest BCUT2D eigenvalue weighted by molar-refractivity contribution is -0.135. The summed E-state index contributed by atoms with van der Waals surface area (Å²) in [6.45, 7) is 1.93. The molecule has 1 atom stereocenters. The van der Waals surface area contributed by atoms with Crippen LogP contribution in [0.4, 0.5) is 0 Å². The van der Waals surface area contributed by atoms with Gasteiger partial charge in [-0.2, -0.15) is 0 Å². The van der Waals surface area contributed by atoms with Crippen LogP contribution in [0, 0.1) is 0 Å². The Morgan fingerprint density at radius 2 is 1.78 bits per heavy atom. The molecule has 0 aromatic heterocycles. The molecule has 0 spiro atoms. The first kappa shape index (κ1) is 16.8. The fourth-order valence-electron chi connectivity index (χ4n) is 1.47. The fourth-order valence-corrected chi connectivity index (χ4v) is 1.47. The van der Waals surface area contributed by atoms with Gasteiger partial charge in [0.15, 0.2) is 0 Å². The number of amides is 2. The molecule has 0 rings (SSSR count). The molecule has 106 valence electrons. The van der Waals surface area contributed by atoms with Gasteiger partial charge in [0, 0.05) is 33.9 Å². The maximum absolute atomic E-state index is 12.0. The van der Waals surface area contributed by atoms with E-state index in [1.807, 2.05) is 0 Å². The Kier molecular flexibility index (Phi) is 9.17. The van der Waals surface area contributed by atoms with Gasteiger partial charge >= 0.3 is 0 Å². The van der Waals surface area contributed by atoms with Gasteiger partial charge in [0.25, 0.3) is 0 Å². The number of rotatable bonds is 10. The van der Waals surface area contributed by atoms with Crippen molar-refractivity contribution in [3.8, 4) is 0 Å². The molecule has 7 heteroatoms. The average Bonchev–Trinajstić information content (AvgIpc) is 2.32. The summed E-state index contributed by atoms with van der Waals surface area (Å²) in [5.74, 6) is -0.874. The van der Waals surface area contributed by atoms with E-state index in [4.69, 9.17) is 20.9 Å². The highest BCUT2D eigenvalue weighted by Gasteiger charge is 2.21. The zero-order valence-corrected chi connectivity index (χ0v) is 11.1. The molecule has 0 aliphatic rings. The zero-order chi connectivity index (χ0) is 14.0. The van der Waals surface area contributed by atoms with Gasteiger partial charge in [-0.05, 0) is 6.42 Å². The van der Waals surface area contributed by atoms with E-state index in [1.165, 1.54) is 0 Å². The smallest absolute Gasteiger partial charge is 0.240 e. The molecule has 0 aromatic carbocycles. The van der Waals surface area contributed by atoms with Crippen LogP contribution in [-0.2, 0) is 19.1 Å². The molecule has 1 unspecified atom stereocenters. The number of primary amides is 1. The van der Waals surface area contributed by atoms with E-state index < -0.39 is 11.9 Å². The summed E-state index contributed by atoms with van der Waals surface area (Å²) < 4.78 is 9.86. The van der Waals surface area contributed by atoms with Crippen molar-refractivity contribution in [2.24, 2.45) is 11.5 Å². The Balaban J connectivity index is 4.32. The summed E-state index contributed by atoms with van der Waals surface area (Å²) in [5.41, 5.74) is 10.6. The van der Waals surface area contributed by atoms with Crippen molar-refractivity contribution in [3.63, 3.8) is 0 Å². The van der Waals surface area contributed by atoms with Crippen LogP contribution in [0.3, 0.4) is 0 Å². The van der Waals surface area contributed by atoms with Gasteiger partial charge < -0.3 is 25.8 Å². The normalized spacial score (nSPS) is 12.2. The number of nitrogens with zero attached hydrogens (tertiary/aromatic N) is 1. The second-order valence-corrected chi connectivity index (χ2v) is 3.94. The Labute approximate surface area is 107 Å². The minimum absolute atomic E-state index is 0.146. The summed E-state index contributed by atoms with van der Waals surface area (Å²) in [5, 5.41) is 0. The molecule has 0 aromatic rings. The Hall–Kier alpha value is -1.18. The van der Waals surface area contributed by atoms with Crippen molar-refractivity contribution in [3.05, 3.63) is 0 Å². The number of nitrogens with two attached hydrogens (primary N) is 2. The van der Waals surface area contributed by atoms with Crippen molar-refractivity contribution in [2.45, 2.75) is 18.9 Å². The van der Waals surface area contributed by atoms with Crippen LogP contribution < -0.4 is 11.5 Å². The van der Waals surface area contributed by atoms with Crippen LogP contribution in [0.25, 0.3) is 0 Å². The number of carbonyl (C=O) groups is 2. The third kappa shape index (κ3) is 7.21. The molecule has 0 aliphatic carbocycles. The van der Waals surface area contributed by atoms with E-state index >= 15 is 0 Å². The first-order chi connectivity index (χ1) is 8.52. The van der Waals surface area contributed by atoms with Gasteiger partial charge in [0.05, 0.1) is 19.1 Å². The number of ether oxygens (including phenoxy) is 2. The largest absolute Gasteiger partial charge is 0.385 e. The molecule has 4 N–H and O–H groups in total. The van der Waals surface area contributed by atoms with E-state index in [1.54, 1.807) is 19.1 Å². The zero-order valence-electron chi connectivity index (χ0n) is 11.1. The van der Waals surface area contributed by atoms with Gasteiger partial charge in [0.1, 0.15) is 0 Å².